The van der Waals surface area contributed by atoms with E-state index in [1.807, 2.05) is 60.7 Å². The molecule has 10 aromatic rings. The van der Waals surface area contributed by atoms with E-state index in [0.717, 1.165) is 66.1 Å². The van der Waals surface area contributed by atoms with Gasteiger partial charge < -0.3 is 8.98 Å². The van der Waals surface area contributed by atoms with Gasteiger partial charge in [-0.05, 0) is 47.9 Å². The van der Waals surface area contributed by atoms with Gasteiger partial charge in [-0.1, -0.05) is 115 Å². The Bertz CT molecular complexity index is 2830. The number of hydrogen-bond donors (Lipinski definition) is 0. The van der Waals surface area contributed by atoms with Crippen LogP contribution in [0.25, 0.3) is 94.4 Å². The highest BCUT2D eigenvalue weighted by molar-refractivity contribution is 6.22. The third-order valence-electron chi connectivity index (χ3n) is 9.23. The van der Waals surface area contributed by atoms with Crippen LogP contribution in [0.2, 0.25) is 0 Å². The third-order valence-corrected chi connectivity index (χ3v) is 9.23. The van der Waals surface area contributed by atoms with Crippen molar-refractivity contribution in [2.24, 2.45) is 0 Å². The standard InChI is InChI=1S/C43H26N4O/c1-3-13-28(14-4-1)41-44-42(29-23-25-38-35(26-29)32-18-9-10-21-37(32)48-38)46-43(45-41)34-19-11-20-36-39(34)33-24-22-27-12-7-8-17-31(27)40(33)47(36)30-15-5-2-6-16-30/h1-26H. The minimum atomic E-state index is 0.611. The number of nitrogens with zero attached hydrogens (tertiary/aromatic N) is 4. The Morgan fingerprint density at radius 3 is 1.98 bits per heavy atom. The number of aromatic nitrogens is 4. The summed E-state index contributed by atoms with van der Waals surface area (Å²) in [6, 6.07) is 54.4. The van der Waals surface area contributed by atoms with Gasteiger partial charge in [-0.15, -0.1) is 0 Å². The largest absolute Gasteiger partial charge is 0.456 e. The van der Waals surface area contributed by atoms with Crippen LogP contribution in [0.4, 0.5) is 0 Å². The van der Waals surface area contributed by atoms with E-state index in [9.17, 15) is 0 Å². The Balaban J connectivity index is 1.28. The van der Waals surface area contributed by atoms with E-state index in [1.54, 1.807) is 0 Å². The maximum atomic E-state index is 6.13. The van der Waals surface area contributed by atoms with Gasteiger partial charge >= 0.3 is 0 Å². The molecule has 224 valence electrons. The lowest BCUT2D eigenvalue weighted by atomic mass is 10.0. The second kappa shape index (κ2) is 10.5. The first kappa shape index (κ1) is 26.6. The highest BCUT2D eigenvalue weighted by atomic mass is 16.3. The second-order valence-electron chi connectivity index (χ2n) is 12.0. The third kappa shape index (κ3) is 4.08. The molecule has 0 saturated heterocycles. The quantitative estimate of drug-likeness (QED) is 0.198. The predicted octanol–water partition coefficient (Wildman–Crippen LogP) is 11.0. The molecule has 0 aliphatic rings. The Morgan fingerprint density at radius 1 is 0.438 bits per heavy atom. The van der Waals surface area contributed by atoms with Crippen molar-refractivity contribution in [1.82, 2.24) is 19.5 Å². The lowest BCUT2D eigenvalue weighted by Gasteiger charge is -2.11. The van der Waals surface area contributed by atoms with Gasteiger partial charge in [0, 0.05) is 49.3 Å². The minimum absolute atomic E-state index is 0.611. The summed E-state index contributed by atoms with van der Waals surface area (Å²) in [6.45, 7) is 0. The Hall–Kier alpha value is -6.59. The lowest BCUT2D eigenvalue weighted by molar-refractivity contribution is 0.669. The van der Waals surface area contributed by atoms with Crippen molar-refractivity contribution >= 4 is 54.5 Å². The normalized spacial score (nSPS) is 11.8. The summed E-state index contributed by atoms with van der Waals surface area (Å²) in [7, 11) is 0. The van der Waals surface area contributed by atoms with E-state index in [0.29, 0.717) is 17.5 Å². The summed E-state index contributed by atoms with van der Waals surface area (Å²) in [5, 5.41) is 6.75. The number of hydrogen-bond acceptors (Lipinski definition) is 4. The van der Waals surface area contributed by atoms with Crippen molar-refractivity contribution in [1.29, 1.82) is 0 Å². The highest BCUT2D eigenvalue weighted by Crippen LogP contribution is 2.41. The van der Waals surface area contributed by atoms with Gasteiger partial charge in [0.25, 0.3) is 0 Å². The molecular formula is C43H26N4O. The van der Waals surface area contributed by atoms with E-state index < -0.39 is 0 Å². The van der Waals surface area contributed by atoms with Crippen LogP contribution in [-0.2, 0) is 0 Å². The molecule has 0 N–H and O–H groups in total. The summed E-state index contributed by atoms with van der Waals surface area (Å²) in [6.07, 6.45) is 0. The van der Waals surface area contributed by atoms with Crippen molar-refractivity contribution in [3.8, 4) is 39.9 Å². The number of para-hydroxylation sites is 2. The lowest BCUT2D eigenvalue weighted by Crippen LogP contribution is -2.00. The summed E-state index contributed by atoms with van der Waals surface area (Å²) in [5.41, 5.74) is 7.85. The molecule has 10 rings (SSSR count). The average Bonchev–Trinajstić information content (AvgIpc) is 3.71. The summed E-state index contributed by atoms with van der Waals surface area (Å²) in [4.78, 5) is 15.4. The van der Waals surface area contributed by atoms with Crippen molar-refractivity contribution in [2.75, 3.05) is 0 Å². The van der Waals surface area contributed by atoms with E-state index in [1.165, 1.54) is 10.8 Å². The van der Waals surface area contributed by atoms with Gasteiger partial charge in [-0.2, -0.15) is 0 Å². The maximum absolute atomic E-state index is 6.13. The van der Waals surface area contributed by atoms with Crippen molar-refractivity contribution in [2.45, 2.75) is 0 Å². The van der Waals surface area contributed by atoms with Gasteiger partial charge in [-0.25, -0.2) is 15.0 Å². The van der Waals surface area contributed by atoms with E-state index >= 15 is 0 Å². The zero-order valence-corrected chi connectivity index (χ0v) is 25.7. The van der Waals surface area contributed by atoms with Crippen LogP contribution in [0, 0.1) is 0 Å². The average molecular weight is 615 g/mol. The molecule has 0 unspecified atom stereocenters. The van der Waals surface area contributed by atoms with Gasteiger partial charge in [-0.3, -0.25) is 0 Å². The maximum Gasteiger partial charge on any atom is 0.164 e. The molecule has 0 radical (unpaired) electrons. The van der Waals surface area contributed by atoms with Crippen LogP contribution in [0.1, 0.15) is 0 Å². The van der Waals surface area contributed by atoms with E-state index in [-0.39, 0.29) is 0 Å². The van der Waals surface area contributed by atoms with Crippen LogP contribution >= 0.6 is 0 Å². The van der Waals surface area contributed by atoms with Crippen LogP contribution in [0.5, 0.6) is 0 Å². The van der Waals surface area contributed by atoms with Gasteiger partial charge in [0.15, 0.2) is 17.5 Å². The van der Waals surface area contributed by atoms with Crippen LogP contribution in [0.15, 0.2) is 162 Å². The number of furan rings is 1. The van der Waals surface area contributed by atoms with Crippen molar-refractivity contribution in [3.05, 3.63) is 158 Å². The molecule has 48 heavy (non-hydrogen) atoms. The Kier molecular flexibility index (Phi) is 5.81. The van der Waals surface area contributed by atoms with Crippen LogP contribution in [0.3, 0.4) is 0 Å². The SMILES string of the molecule is c1ccc(-c2nc(-c3ccc4oc5ccccc5c4c3)nc(-c3cccc4c3c3ccc5ccccc5c3n4-c3ccccc3)n2)cc1. The topological polar surface area (TPSA) is 56.7 Å². The fourth-order valence-electron chi connectivity index (χ4n) is 7.07. The first-order chi connectivity index (χ1) is 23.8. The van der Waals surface area contributed by atoms with Crippen LogP contribution < -0.4 is 0 Å². The molecule has 0 bridgehead atoms. The highest BCUT2D eigenvalue weighted by Gasteiger charge is 2.21. The zero-order chi connectivity index (χ0) is 31.6. The van der Waals surface area contributed by atoms with Crippen LogP contribution in [-0.4, -0.2) is 19.5 Å². The predicted molar refractivity (Wildman–Crippen MR) is 195 cm³/mol. The molecular weight excluding hydrogens is 589 g/mol. The molecule has 5 heteroatoms. The van der Waals surface area contributed by atoms with Gasteiger partial charge in [0.1, 0.15) is 11.2 Å². The molecule has 7 aromatic carbocycles. The first-order valence-electron chi connectivity index (χ1n) is 16.0. The molecule has 0 atom stereocenters. The number of rotatable bonds is 4. The molecule has 3 aromatic heterocycles. The molecule has 0 aliphatic carbocycles. The number of benzene rings is 7. The molecule has 0 amide bonds. The molecule has 0 fully saturated rings. The Morgan fingerprint density at radius 2 is 1.12 bits per heavy atom. The van der Waals surface area contributed by atoms with Crippen molar-refractivity contribution in [3.63, 3.8) is 0 Å². The second-order valence-corrected chi connectivity index (χ2v) is 12.0. The Labute approximate surface area is 275 Å². The molecule has 0 saturated carbocycles. The van der Waals surface area contributed by atoms with Crippen molar-refractivity contribution < 1.29 is 4.42 Å². The summed E-state index contributed by atoms with van der Waals surface area (Å²) in [5.74, 6) is 1.86. The molecule has 3 heterocycles. The molecule has 0 spiro atoms. The fraction of sp³-hybridized carbons (Fsp3) is 0. The molecule has 0 aliphatic heterocycles. The monoisotopic (exact) mass is 614 g/mol. The number of fused-ring (bicyclic) bond motifs is 8. The fourth-order valence-corrected chi connectivity index (χ4v) is 7.07. The minimum Gasteiger partial charge on any atom is -0.456 e. The van der Waals surface area contributed by atoms with Gasteiger partial charge in [0.05, 0.1) is 11.0 Å². The zero-order valence-electron chi connectivity index (χ0n) is 25.7. The van der Waals surface area contributed by atoms with Gasteiger partial charge in [0.2, 0.25) is 0 Å². The smallest absolute Gasteiger partial charge is 0.164 e. The first-order valence-corrected chi connectivity index (χ1v) is 16.0. The van der Waals surface area contributed by atoms with E-state index in [2.05, 4.69) is 102 Å². The summed E-state index contributed by atoms with van der Waals surface area (Å²) < 4.78 is 8.50. The molecule has 5 nitrogen and oxygen atoms in total. The van der Waals surface area contributed by atoms with E-state index in [4.69, 9.17) is 19.4 Å². The summed E-state index contributed by atoms with van der Waals surface area (Å²) >= 11 is 0.